The fraction of sp³-hybridized carbons (Fsp3) is 0.160. The molecule has 0 aliphatic rings. The maximum Gasteiger partial charge on any atom is 0.347 e. The Hall–Kier alpha value is -4.04. The Morgan fingerprint density at radius 1 is 1.12 bits per heavy atom. The molecule has 170 valence electrons. The van der Waals surface area contributed by atoms with E-state index in [0.29, 0.717) is 10.8 Å². The fourth-order valence-corrected chi connectivity index (χ4v) is 4.19. The molecule has 0 aliphatic carbocycles. The minimum Gasteiger partial charge on any atom is -0.487 e. The van der Waals surface area contributed by atoms with Gasteiger partial charge in [-0.25, -0.2) is 14.8 Å². The van der Waals surface area contributed by atoms with E-state index in [1.54, 1.807) is 30.9 Å². The Bertz CT molecular complexity index is 1560. The summed E-state index contributed by atoms with van der Waals surface area (Å²) in [4.78, 5) is 24.8. The van der Waals surface area contributed by atoms with Crippen molar-refractivity contribution in [3.63, 3.8) is 0 Å². The number of pyridine rings is 2. The molecular formula is C25H21ClN6O2. The van der Waals surface area contributed by atoms with Crippen LogP contribution in [0.4, 0.5) is 0 Å². The minimum absolute atomic E-state index is 0.196. The van der Waals surface area contributed by atoms with Crippen LogP contribution in [0.15, 0.2) is 72.2 Å². The maximum absolute atomic E-state index is 12.1. The van der Waals surface area contributed by atoms with Gasteiger partial charge in [0, 0.05) is 60.2 Å². The van der Waals surface area contributed by atoms with Gasteiger partial charge in [0.2, 0.25) is 0 Å². The molecule has 0 aliphatic heterocycles. The van der Waals surface area contributed by atoms with Gasteiger partial charge in [0.25, 0.3) is 0 Å². The molecule has 0 saturated carbocycles. The molecular weight excluding hydrogens is 452 g/mol. The van der Waals surface area contributed by atoms with Crippen LogP contribution in [0.1, 0.15) is 16.8 Å². The maximum atomic E-state index is 12.1. The van der Waals surface area contributed by atoms with Crippen LogP contribution in [0.25, 0.3) is 22.2 Å². The van der Waals surface area contributed by atoms with E-state index in [1.165, 1.54) is 10.8 Å². The number of nitrogens with zero attached hydrogens (tertiary/aromatic N) is 6. The first-order valence-corrected chi connectivity index (χ1v) is 11.0. The van der Waals surface area contributed by atoms with Gasteiger partial charge in [-0.3, -0.25) is 14.2 Å². The summed E-state index contributed by atoms with van der Waals surface area (Å²) in [6, 6.07) is 11.6. The van der Waals surface area contributed by atoms with E-state index in [2.05, 4.69) is 15.1 Å². The molecule has 0 N–H and O–H groups in total. The predicted molar refractivity (Wildman–Crippen MR) is 130 cm³/mol. The third kappa shape index (κ3) is 4.15. The summed E-state index contributed by atoms with van der Waals surface area (Å²) in [5.41, 5.74) is 4.85. The highest BCUT2D eigenvalue weighted by Gasteiger charge is 2.15. The monoisotopic (exact) mass is 472 g/mol. The Kier molecular flexibility index (Phi) is 5.81. The molecule has 0 radical (unpaired) electrons. The molecule has 0 saturated heterocycles. The summed E-state index contributed by atoms with van der Waals surface area (Å²) in [5, 5.41) is 5.74. The summed E-state index contributed by atoms with van der Waals surface area (Å²) in [6.45, 7) is 2.44. The van der Waals surface area contributed by atoms with Gasteiger partial charge < -0.3 is 4.74 Å². The van der Waals surface area contributed by atoms with Crippen molar-refractivity contribution in [1.29, 1.82) is 0 Å². The highest BCUT2D eigenvalue weighted by atomic mass is 35.5. The minimum atomic E-state index is -0.342. The third-order valence-corrected chi connectivity index (χ3v) is 5.94. The fourth-order valence-electron chi connectivity index (χ4n) is 3.96. The van der Waals surface area contributed by atoms with Crippen LogP contribution in [0.2, 0.25) is 5.02 Å². The van der Waals surface area contributed by atoms with Crippen molar-refractivity contribution >= 4 is 22.5 Å². The molecule has 0 spiro atoms. The van der Waals surface area contributed by atoms with Gasteiger partial charge in [-0.15, -0.1) is 0 Å². The van der Waals surface area contributed by atoms with Crippen molar-refractivity contribution in [3.05, 3.63) is 99.7 Å². The average molecular weight is 473 g/mol. The molecule has 0 fully saturated rings. The van der Waals surface area contributed by atoms with Crippen molar-refractivity contribution in [2.45, 2.75) is 20.1 Å². The van der Waals surface area contributed by atoms with Gasteiger partial charge in [0.1, 0.15) is 17.9 Å². The summed E-state index contributed by atoms with van der Waals surface area (Å²) < 4.78 is 9.59. The topological polar surface area (TPSA) is 87.7 Å². The lowest BCUT2D eigenvalue weighted by atomic mass is 10.0. The van der Waals surface area contributed by atoms with Gasteiger partial charge in [-0.1, -0.05) is 23.7 Å². The second-order valence-electron chi connectivity index (χ2n) is 7.88. The Morgan fingerprint density at radius 3 is 2.79 bits per heavy atom. The predicted octanol–water partition coefficient (Wildman–Crippen LogP) is 4.18. The number of aromatic nitrogens is 6. The van der Waals surface area contributed by atoms with E-state index >= 15 is 0 Å². The zero-order valence-electron chi connectivity index (χ0n) is 18.6. The first kappa shape index (κ1) is 21.8. The van der Waals surface area contributed by atoms with Crippen LogP contribution in [0.3, 0.4) is 0 Å². The highest BCUT2D eigenvalue weighted by Crippen LogP contribution is 2.33. The van der Waals surface area contributed by atoms with Crippen LogP contribution >= 0.6 is 11.6 Å². The Labute approximate surface area is 200 Å². The second-order valence-corrected chi connectivity index (χ2v) is 8.29. The second kappa shape index (κ2) is 9.07. The molecule has 0 unspecified atom stereocenters. The summed E-state index contributed by atoms with van der Waals surface area (Å²) >= 11 is 6.48. The van der Waals surface area contributed by atoms with E-state index < -0.39 is 0 Å². The molecule has 4 aromatic heterocycles. The molecule has 0 atom stereocenters. The third-order valence-electron chi connectivity index (χ3n) is 5.62. The molecule has 5 aromatic rings. The van der Waals surface area contributed by atoms with Crippen LogP contribution in [0.5, 0.6) is 5.75 Å². The van der Waals surface area contributed by atoms with Gasteiger partial charge in [0.15, 0.2) is 0 Å². The molecule has 1 aromatic carbocycles. The Balaban J connectivity index is 1.51. The van der Waals surface area contributed by atoms with Crippen LogP contribution in [-0.4, -0.2) is 29.3 Å². The molecule has 8 nitrogen and oxygen atoms in total. The smallest absolute Gasteiger partial charge is 0.347 e. The quantitative estimate of drug-likeness (QED) is 0.368. The average Bonchev–Trinajstić information content (AvgIpc) is 3.25. The number of fused-ring (bicyclic) bond motifs is 1. The van der Waals surface area contributed by atoms with Crippen molar-refractivity contribution in [3.8, 4) is 17.0 Å². The normalized spacial score (nSPS) is 11.1. The summed E-state index contributed by atoms with van der Waals surface area (Å²) in [7, 11) is 1.91. The standard InChI is InChI=1S/C25H21ClN6O2/c1-16-11-19(22-7-9-29-31(22)2)18-5-3-6-23(24(18)30-16)34-15-20-17(12-27-13-21(20)26)14-32-10-4-8-28-25(32)33/h3-13H,14-15H2,1-2H3. The number of rotatable bonds is 6. The lowest BCUT2D eigenvalue weighted by Gasteiger charge is -2.15. The number of aryl methyl sites for hydroxylation is 2. The number of benzene rings is 1. The number of para-hydroxylation sites is 1. The van der Waals surface area contributed by atoms with Gasteiger partial charge in [-0.05, 0) is 36.8 Å². The number of hydrogen-bond acceptors (Lipinski definition) is 6. The first-order valence-electron chi connectivity index (χ1n) is 10.7. The lowest BCUT2D eigenvalue weighted by Crippen LogP contribution is -2.22. The lowest BCUT2D eigenvalue weighted by molar-refractivity contribution is 0.307. The summed E-state index contributed by atoms with van der Waals surface area (Å²) in [5.74, 6) is 0.641. The first-order chi connectivity index (χ1) is 16.5. The Morgan fingerprint density at radius 2 is 2.00 bits per heavy atom. The van der Waals surface area contributed by atoms with E-state index in [4.69, 9.17) is 21.3 Å². The molecule has 4 heterocycles. The van der Waals surface area contributed by atoms with E-state index in [0.717, 1.165) is 39.0 Å². The van der Waals surface area contributed by atoms with Crippen LogP contribution in [-0.2, 0) is 20.2 Å². The molecule has 5 rings (SSSR count). The van der Waals surface area contributed by atoms with Crippen molar-refractivity contribution < 1.29 is 4.74 Å². The zero-order chi connectivity index (χ0) is 23.7. The van der Waals surface area contributed by atoms with Crippen LogP contribution < -0.4 is 10.4 Å². The van der Waals surface area contributed by atoms with E-state index in [1.807, 2.05) is 49.0 Å². The van der Waals surface area contributed by atoms with Gasteiger partial charge >= 0.3 is 5.69 Å². The van der Waals surface area contributed by atoms with Gasteiger partial charge in [0.05, 0.1) is 17.3 Å². The van der Waals surface area contributed by atoms with Crippen LogP contribution in [0, 0.1) is 6.92 Å². The molecule has 34 heavy (non-hydrogen) atoms. The molecule has 9 heteroatoms. The number of ether oxygens (including phenoxy) is 1. The number of halogens is 1. The molecule has 0 bridgehead atoms. The van der Waals surface area contributed by atoms with E-state index in [-0.39, 0.29) is 18.8 Å². The molecule has 0 amide bonds. The van der Waals surface area contributed by atoms with Crippen molar-refractivity contribution in [2.24, 2.45) is 7.05 Å². The van der Waals surface area contributed by atoms with E-state index in [9.17, 15) is 4.79 Å². The summed E-state index contributed by atoms with van der Waals surface area (Å²) in [6.07, 6.45) is 8.18. The van der Waals surface area contributed by atoms with Crippen molar-refractivity contribution in [1.82, 2.24) is 29.3 Å². The number of hydrogen-bond donors (Lipinski definition) is 0. The van der Waals surface area contributed by atoms with Gasteiger partial charge in [-0.2, -0.15) is 5.10 Å². The SMILES string of the molecule is Cc1cc(-c2ccnn2C)c2cccc(OCc3c(Cl)cncc3Cn3cccnc3=O)c2n1. The highest BCUT2D eigenvalue weighted by molar-refractivity contribution is 6.31. The zero-order valence-corrected chi connectivity index (χ0v) is 19.4. The van der Waals surface area contributed by atoms with Crippen molar-refractivity contribution in [2.75, 3.05) is 0 Å². The largest absolute Gasteiger partial charge is 0.487 e.